The number of fused-ring (bicyclic) bond motifs is 2. The third-order valence-corrected chi connectivity index (χ3v) is 6.95. The summed E-state index contributed by atoms with van der Waals surface area (Å²) in [5.74, 6) is 3.12. The van der Waals surface area contributed by atoms with Crippen LogP contribution in [0.2, 0.25) is 0 Å². The fraction of sp³-hybridized carbons (Fsp3) is 1.00. The predicted octanol–water partition coefficient (Wildman–Crippen LogP) is 3.66. The molecule has 20 heavy (non-hydrogen) atoms. The fourth-order valence-electron chi connectivity index (χ4n) is 5.29. The lowest BCUT2D eigenvalue weighted by Gasteiger charge is -2.50. The van der Waals surface area contributed by atoms with Crippen LogP contribution in [0.5, 0.6) is 0 Å². The maximum Gasteiger partial charge on any atom is 0.0278 e. The molecule has 1 saturated heterocycles. The van der Waals surface area contributed by atoms with Crippen LogP contribution in [-0.4, -0.2) is 35.6 Å². The topological polar surface area (TPSA) is 15.3 Å². The van der Waals surface area contributed by atoms with Gasteiger partial charge in [-0.1, -0.05) is 20.3 Å². The maximum atomic E-state index is 3.81. The monoisotopic (exact) mass is 278 g/mol. The summed E-state index contributed by atoms with van der Waals surface area (Å²) in [6, 6.07) is 1.55. The van der Waals surface area contributed by atoms with Gasteiger partial charge in [-0.05, 0) is 63.7 Å². The minimum atomic E-state index is 0.331. The van der Waals surface area contributed by atoms with E-state index >= 15 is 0 Å². The highest BCUT2D eigenvalue weighted by Crippen LogP contribution is 2.50. The number of hydrogen-bond donors (Lipinski definition) is 1. The van der Waals surface area contributed by atoms with E-state index in [2.05, 4.69) is 37.9 Å². The highest BCUT2D eigenvalue weighted by molar-refractivity contribution is 5.00. The lowest BCUT2D eigenvalue weighted by Crippen LogP contribution is -2.65. The summed E-state index contributed by atoms with van der Waals surface area (Å²) in [5, 5.41) is 3.81. The molecular weight excluding hydrogens is 244 g/mol. The summed E-state index contributed by atoms with van der Waals surface area (Å²) in [6.45, 7) is 12.1. The van der Waals surface area contributed by atoms with Crippen LogP contribution in [0.4, 0.5) is 0 Å². The second kappa shape index (κ2) is 5.61. The SMILES string of the molecule is CCC1CNC(C)(CC)CN1C(C)C1CC2CCC1C2. The van der Waals surface area contributed by atoms with E-state index in [1.165, 1.54) is 45.2 Å². The van der Waals surface area contributed by atoms with Gasteiger partial charge in [-0.15, -0.1) is 0 Å². The van der Waals surface area contributed by atoms with Gasteiger partial charge in [0, 0.05) is 30.7 Å². The van der Waals surface area contributed by atoms with Crippen molar-refractivity contribution in [2.75, 3.05) is 13.1 Å². The Kier molecular flexibility index (Phi) is 4.16. The molecule has 0 spiro atoms. The van der Waals surface area contributed by atoms with Crippen LogP contribution in [0.15, 0.2) is 0 Å². The molecule has 116 valence electrons. The van der Waals surface area contributed by atoms with Gasteiger partial charge in [0.25, 0.3) is 0 Å². The highest BCUT2D eigenvalue weighted by atomic mass is 15.3. The standard InChI is InChI=1S/C18H34N2/c1-5-16-11-19-18(4,6-2)12-20(16)13(3)17-10-14-7-8-15(17)9-14/h13-17,19H,5-12H2,1-4H3. The minimum absolute atomic E-state index is 0.331. The Balaban J connectivity index is 1.71. The fourth-order valence-corrected chi connectivity index (χ4v) is 5.29. The van der Waals surface area contributed by atoms with Gasteiger partial charge in [-0.3, -0.25) is 4.90 Å². The first kappa shape index (κ1) is 14.8. The van der Waals surface area contributed by atoms with Crippen LogP contribution in [-0.2, 0) is 0 Å². The molecule has 2 saturated carbocycles. The molecule has 6 unspecified atom stereocenters. The predicted molar refractivity (Wildman–Crippen MR) is 85.9 cm³/mol. The van der Waals surface area contributed by atoms with E-state index in [0.717, 1.165) is 29.8 Å². The first-order valence-corrected chi connectivity index (χ1v) is 9.07. The Morgan fingerprint density at radius 3 is 2.60 bits per heavy atom. The van der Waals surface area contributed by atoms with E-state index in [9.17, 15) is 0 Å². The molecule has 1 heterocycles. The van der Waals surface area contributed by atoms with E-state index in [0.29, 0.717) is 5.54 Å². The number of nitrogens with zero attached hydrogens (tertiary/aromatic N) is 1. The van der Waals surface area contributed by atoms with E-state index in [1.54, 1.807) is 6.42 Å². The van der Waals surface area contributed by atoms with Crippen molar-refractivity contribution in [1.82, 2.24) is 10.2 Å². The van der Waals surface area contributed by atoms with Crippen LogP contribution in [0.25, 0.3) is 0 Å². The van der Waals surface area contributed by atoms with Gasteiger partial charge in [-0.2, -0.15) is 0 Å². The molecular formula is C18H34N2. The number of nitrogens with one attached hydrogen (secondary N) is 1. The van der Waals surface area contributed by atoms with Crippen LogP contribution in [0.3, 0.4) is 0 Å². The molecule has 0 radical (unpaired) electrons. The van der Waals surface area contributed by atoms with Crippen molar-refractivity contribution >= 4 is 0 Å². The molecule has 2 nitrogen and oxygen atoms in total. The number of piperazine rings is 1. The lowest BCUT2D eigenvalue weighted by molar-refractivity contribution is 0.0157. The van der Waals surface area contributed by atoms with E-state index in [4.69, 9.17) is 0 Å². The van der Waals surface area contributed by atoms with Crippen molar-refractivity contribution in [2.24, 2.45) is 17.8 Å². The van der Waals surface area contributed by atoms with Crippen LogP contribution in [0, 0.1) is 17.8 Å². The van der Waals surface area contributed by atoms with Crippen molar-refractivity contribution in [3.63, 3.8) is 0 Å². The zero-order valence-electron chi connectivity index (χ0n) is 14.0. The Hall–Kier alpha value is -0.0800. The molecule has 1 aliphatic heterocycles. The van der Waals surface area contributed by atoms with Gasteiger partial charge >= 0.3 is 0 Å². The smallest absolute Gasteiger partial charge is 0.0278 e. The summed E-state index contributed by atoms with van der Waals surface area (Å²) in [5.41, 5.74) is 0.331. The molecule has 0 aromatic carbocycles. The van der Waals surface area contributed by atoms with Crippen LogP contribution in [0.1, 0.15) is 66.2 Å². The van der Waals surface area contributed by atoms with Gasteiger partial charge in [0.2, 0.25) is 0 Å². The Morgan fingerprint density at radius 1 is 1.25 bits per heavy atom. The zero-order chi connectivity index (χ0) is 14.3. The van der Waals surface area contributed by atoms with E-state index in [-0.39, 0.29) is 0 Å². The maximum absolute atomic E-state index is 3.81. The van der Waals surface area contributed by atoms with E-state index in [1.807, 2.05) is 0 Å². The molecule has 2 heteroatoms. The van der Waals surface area contributed by atoms with Gasteiger partial charge in [-0.25, -0.2) is 0 Å². The first-order valence-electron chi connectivity index (χ1n) is 9.07. The largest absolute Gasteiger partial charge is 0.309 e. The molecule has 0 aromatic rings. The Bertz CT molecular complexity index is 342. The highest BCUT2D eigenvalue weighted by Gasteiger charge is 2.45. The number of rotatable bonds is 4. The summed E-state index contributed by atoms with van der Waals surface area (Å²) < 4.78 is 0. The quantitative estimate of drug-likeness (QED) is 0.844. The van der Waals surface area contributed by atoms with Gasteiger partial charge in [0.05, 0.1) is 0 Å². The molecule has 2 bridgehead atoms. The summed E-state index contributed by atoms with van der Waals surface area (Å²) in [7, 11) is 0. The minimum Gasteiger partial charge on any atom is -0.309 e. The molecule has 3 fully saturated rings. The van der Waals surface area contributed by atoms with Crippen molar-refractivity contribution in [3.8, 4) is 0 Å². The zero-order valence-corrected chi connectivity index (χ0v) is 14.0. The summed E-state index contributed by atoms with van der Waals surface area (Å²) >= 11 is 0. The molecule has 6 atom stereocenters. The average molecular weight is 278 g/mol. The van der Waals surface area contributed by atoms with Gasteiger partial charge in [0.15, 0.2) is 0 Å². The van der Waals surface area contributed by atoms with E-state index < -0.39 is 0 Å². The second-order valence-corrected chi connectivity index (χ2v) is 8.11. The van der Waals surface area contributed by atoms with Gasteiger partial charge in [0.1, 0.15) is 0 Å². The van der Waals surface area contributed by atoms with Crippen molar-refractivity contribution in [1.29, 1.82) is 0 Å². The van der Waals surface area contributed by atoms with Crippen LogP contribution < -0.4 is 5.32 Å². The normalized spacial score (nSPS) is 46.8. The Labute approximate surface area is 125 Å². The van der Waals surface area contributed by atoms with Crippen molar-refractivity contribution in [3.05, 3.63) is 0 Å². The number of hydrogen-bond acceptors (Lipinski definition) is 2. The molecule has 3 aliphatic rings. The van der Waals surface area contributed by atoms with Crippen LogP contribution >= 0.6 is 0 Å². The second-order valence-electron chi connectivity index (χ2n) is 8.11. The first-order chi connectivity index (χ1) is 9.56. The molecule has 0 amide bonds. The molecule has 3 rings (SSSR count). The summed E-state index contributed by atoms with van der Waals surface area (Å²) in [4.78, 5) is 2.88. The molecule has 1 N–H and O–H groups in total. The molecule has 2 aliphatic carbocycles. The molecule has 0 aromatic heterocycles. The summed E-state index contributed by atoms with van der Waals surface area (Å²) in [6.07, 6.45) is 8.65. The van der Waals surface area contributed by atoms with Crippen molar-refractivity contribution < 1.29 is 0 Å². The van der Waals surface area contributed by atoms with Gasteiger partial charge < -0.3 is 5.32 Å². The third kappa shape index (κ3) is 2.54. The average Bonchev–Trinajstić information content (AvgIpc) is 3.09. The third-order valence-electron chi connectivity index (χ3n) is 6.95. The lowest BCUT2D eigenvalue weighted by atomic mass is 9.81. The van der Waals surface area contributed by atoms with Crippen molar-refractivity contribution in [2.45, 2.75) is 83.8 Å². The Morgan fingerprint density at radius 2 is 2.05 bits per heavy atom.